The molecule has 12 heavy (non-hydrogen) atoms. The summed E-state index contributed by atoms with van der Waals surface area (Å²) >= 11 is 5.92. The summed E-state index contributed by atoms with van der Waals surface area (Å²) in [5.41, 5.74) is 1.23. The quantitative estimate of drug-likeness (QED) is 0.604. The molecule has 1 heteroatoms. The fraction of sp³-hybridized carbons (Fsp3) is 0.455. The van der Waals surface area contributed by atoms with Gasteiger partial charge in [0.1, 0.15) is 0 Å². The average Bonchev–Trinajstić information content (AvgIpc) is 2.08. The van der Waals surface area contributed by atoms with Gasteiger partial charge in [0.05, 0.1) is 0 Å². The van der Waals surface area contributed by atoms with Crippen LogP contribution in [0, 0.1) is 0 Å². The van der Waals surface area contributed by atoms with E-state index in [1.807, 2.05) is 32.0 Å². The third-order valence-corrected chi connectivity index (χ3v) is 1.87. The van der Waals surface area contributed by atoms with Gasteiger partial charge in [0.25, 0.3) is 0 Å². The molecule has 0 radical (unpaired) electrons. The third kappa shape index (κ3) is 3.27. The van der Waals surface area contributed by atoms with Gasteiger partial charge in [-0.05, 0) is 17.5 Å². The first-order valence-electron chi connectivity index (χ1n) is 4.46. The van der Waals surface area contributed by atoms with E-state index in [1.165, 1.54) is 5.56 Å². The van der Waals surface area contributed by atoms with E-state index in [4.69, 9.17) is 11.6 Å². The Bertz CT molecular complexity index is 216. The van der Waals surface area contributed by atoms with Crippen LogP contribution in [0.4, 0.5) is 0 Å². The first-order chi connectivity index (χ1) is 5.72. The molecule has 0 saturated carbocycles. The van der Waals surface area contributed by atoms with Crippen molar-refractivity contribution >= 4 is 11.6 Å². The first kappa shape index (κ1) is 11.5. The molecule has 68 valence electrons. The zero-order valence-corrected chi connectivity index (χ0v) is 9.02. The van der Waals surface area contributed by atoms with Crippen LogP contribution < -0.4 is 0 Å². The van der Waals surface area contributed by atoms with Crippen LogP contribution in [0.5, 0.6) is 0 Å². The summed E-state index contributed by atoms with van der Waals surface area (Å²) in [5.74, 6) is 0.522. The number of benzene rings is 1. The normalized spacial score (nSPS) is 9.17. The van der Waals surface area contributed by atoms with Gasteiger partial charge in [-0.25, -0.2) is 0 Å². The first-order valence-corrected chi connectivity index (χ1v) is 4.84. The van der Waals surface area contributed by atoms with E-state index in [1.54, 1.807) is 0 Å². The standard InChI is InChI=1S/C9H11Cl.C2H6/c1-7(2)8-5-3-4-6-9(8)10;1-2/h3-7H,1-2H3;1-2H3. The molecule has 0 aromatic heterocycles. The lowest BCUT2D eigenvalue weighted by Crippen LogP contribution is -1.86. The van der Waals surface area contributed by atoms with Gasteiger partial charge in [0, 0.05) is 5.02 Å². The lowest BCUT2D eigenvalue weighted by atomic mass is 10.0. The maximum absolute atomic E-state index is 5.92. The zero-order valence-electron chi connectivity index (χ0n) is 8.26. The summed E-state index contributed by atoms with van der Waals surface area (Å²) in [5, 5.41) is 0.873. The van der Waals surface area contributed by atoms with Crippen LogP contribution in [-0.4, -0.2) is 0 Å². The minimum absolute atomic E-state index is 0.522. The van der Waals surface area contributed by atoms with Gasteiger partial charge in [-0.2, -0.15) is 0 Å². The molecule has 0 heterocycles. The van der Waals surface area contributed by atoms with Crippen LogP contribution >= 0.6 is 11.6 Å². The smallest absolute Gasteiger partial charge is 0.0440 e. The fourth-order valence-electron chi connectivity index (χ4n) is 0.943. The predicted molar refractivity (Wildman–Crippen MR) is 56.9 cm³/mol. The second-order valence-corrected chi connectivity index (χ2v) is 3.08. The van der Waals surface area contributed by atoms with Crippen molar-refractivity contribution in [1.29, 1.82) is 0 Å². The Kier molecular flexibility index (Phi) is 5.83. The van der Waals surface area contributed by atoms with Gasteiger partial charge in [0.2, 0.25) is 0 Å². The summed E-state index contributed by atoms with van der Waals surface area (Å²) < 4.78 is 0. The highest BCUT2D eigenvalue weighted by Gasteiger charge is 2.01. The molecule has 0 amide bonds. The van der Waals surface area contributed by atoms with Crippen molar-refractivity contribution in [3.8, 4) is 0 Å². The number of hydrogen-bond acceptors (Lipinski definition) is 0. The molecule has 0 aliphatic rings. The SMILES string of the molecule is CC.CC(C)c1ccccc1Cl. The molecule has 1 aromatic carbocycles. The van der Waals surface area contributed by atoms with Crippen molar-refractivity contribution in [3.63, 3.8) is 0 Å². The molecule has 1 rings (SSSR count). The van der Waals surface area contributed by atoms with Crippen LogP contribution in [0.1, 0.15) is 39.2 Å². The molecular formula is C11H17Cl. The highest BCUT2D eigenvalue weighted by Crippen LogP contribution is 2.22. The third-order valence-electron chi connectivity index (χ3n) is 1.53. The second kappa shape index (κ2) is 6.07. The van der Waals surface area contributed by atoms with Crippen LogP contribution in [0.3, 0.4) is 0 Å². The van der Waals surface area contributed by atoms with E-state index in [-0.39, 0.29) is 0 Å². The Labute approximate surface area is 80.6 Å². The fourth-order valence-corrected chi connectivity index (χ4v) is 1.30. The molecule has 0 N–H and O–H groups in total. The molecule has 1 aromatic rings. The van der Waals surface area contributed by atoms with Gasteiger partial charge < -0.3 is 0 Å². The van der Waals surface area contributed by atoms with Crippen molar-refractivity contribution in [2.75, 3.05) is 0 Å². The van der Waals surface area contributed by atoms with Gasteiger partial charge in [-0.15, -0.1) is 0 Å². The van der Waals surface area contributed by atoms with Crippen molar-refractivity contribution in [2.24, 2.45) is 0 Å². The van der Waals surface area contributed by atoms with E-state index >= 15 is 0 Å². The van der Waals surface area contributed by atoms with E-state index in [0.29, 0.717) is 5.92 Å². The van der Waals surface area contributed by atoms with Crippen LogP contribution in [-0.2, 0) is 0 Å². The number of rotatable bonds is 1. The monoisotopic (exact) mass is 184 g/mol. The highest BCUT2D eigenvalue weighted by atomic mass is 35.5. The second-order valence-electron chi connectivity index (χ2n) is 2.68. The highest BCUT2D eigenvalue weighted by molar-refractivity contribution is 6.31. The molecule has 0 aliphatic heterocycles. The number of halogens is 1. The predicted octanol–water partition coefficient (Wildman–Crippen LogP) is 4.49. The van der Waals surface area contributed by atoms with E-state index < -0.39 is 0 Å². The van der Waals surface area contributed by atoms with E-state index in [2.05, 4.69) is 19.9 Å². The number of hydrogen-bond donors (Lipinski definition) is 0. The van der Waals surface area contributed by atoms with Crippen molar-refractivity contribution in [3.05, 3.63) is 34.9 Å². The lowest BCUT2D eigenvalue weighted by Gasteiger charge is -2.05. The summed E-state index contributed by atoms with van der Waals surface area (Å²) in [7, 11) is 0. The van der Waals surface area contributed by atoms with E-state index in [9.17, 15) is 0 Å². The van der Waals surface area contributed by atoms with Crippen molar-refractivity contribution in [2.45, 2.75) is 33.6 Å². The topological polar surface area (TPSA) is 0 Å². The molecule has 0 aliphatic carbocycles. The molecular weight excluding hydrogens is 168 g/mol. The Morgan fingerprint density at radius 1 is 1.08 bits per heavy atom. The van der Waals surface area contributed by atoms with Crippen LogP contribution in [0.2, 0.25) is 5.02 Å². The minimum Gasteiger partial charge on any atom is -0.0840 e. The van der Waals surface area contributed by atoms with Gasteiger partial charge in [-0.1, -0.05) is 57.5 Å². The van der Waals surface area contributed by atoms with Crippen LogP contribution in [0.25, 0.3) is 0 Å². The Balaban J connectivity index is 0.000000561. The molecule has 0 nitrogen and oxygen atoms in total. The molecule has 0 bridgehead atoms. The molecule has 0 fully saturated rings. The van der Waals surface area contributed by atoms with Gasteiger partial charge >= 0.3 is 0 Å². The summed E-state index contributed by atoms with van der Waals surface area (Å²) in [4.78, 5) is 0. The van der Waals surface area contributed by atoms with Gasteiger partial charge in [-0.3, -0.25) is 0 Å². The average molecular weight is 185 g/mol. The minimum atomic E-state index is 0.522. The summed E-state index contributed by atoms with van der Waals surface area (Å²) in [6.45, 7) is 8.28. The van der Waals surface area contributed by atoms with Crippen molar-refractivity contribution < 1.29 is 0 Å². The lowest BCUT2D eigenvalue weighted by molar-refractivity contribution is 0.867. The summed E-state index contributed by atoms with van der Waals surface area (Å²) in [6, 6.07) is 7.96. The Morgan fingerprint density at radius 2 is 1.58 bits per heavy atom. The Morgan fingerprint density at radius 3 is 1.92 bits per heavy atom. The molecule has 0 atom stereocenters. The Hall–Kier alpha value is -0.490. The molecule has 0 saturated heterocycles. The molecule has 0 spiro atoms. The largest absolute Gasteiger partial charge is 0.0840 e. The summed E-state index contributed by atoms with van der Waals surface area (Å²) in [6.07, 6.45) is 0. The van der Waals surface area contributed by atoms with E-state index in [0.717, 1.165) is 5.02 Å². The zero-order chi connectivity index (χ0) is 9.56. The maximum atomic E-state index is 5.92. The maximum Gasteiger partial charge on any atom is 0.0440 e. The van der Waals surface area contributed by atoms with Crippen LogP contribution in [0.15, 0.2) is 24.3 Å². The van der Waals surface area contributed by atoms with Crippen molar-refractivity contribution in [1.82, 2.24) is 0 Å². The molecule has 0 unspecified atom stereocenters. The van der Waals surface area contributed by atoms with Gasteiger partial charge in [0.15, 0.2) is 0 Å².